The van der Waals surface area contributed by atoms with Crippen molar-refractivity contribution < 1.29 is 22.7 Å². The maximum atomic E-state index is 12.4. The molecule has 1 aliphatic rings. The molecule has 8 heteroatoms. The molecule has 1 aromatic rings. The molecule has 0 aliphatic heterocycles. The number of aryl methyl sites for hydroxylation is 2. The topological polar surface area (TPSA) is 102 Å². The SMILES string of the molecule is Cc1ccc(C)c(S(=O)(=O)NCC(=O)O[C@@H](C)C(=O)NC2CCCCCC2)c1. The summed E-state index contributed by atoms with van der Waals surface area (Å²) in [6.07, 6.45) is 5.42. The maximum Gasteiger partial charge on any atom is 0.321 e. The smallest absolute Gasteiger partial charge is 0.321 e. The van der Waals surface area contributed by atoms with Crippen LogP contribution in [0, 0.1) is 13.8 Å². The van der Waals surface area contributed by atoms with Gasteiger partial charge in [-0.15, -0.1) is 0 Å². The predicted octanol–water partition coefficient (Wildman–Crippen LogP) is 2.35. The molecule has 0 spiro atoms. The number of hydrogen-bond donors (Lipinski definition) is 2. The molecular weight excluding hydrogens is 380 g/mol. The Morgan fingerprint density at radius 1 is 1.14 bits per heavy atom. The van der Waals surface area contributed by atoms with Gasteiger partial charge in [0.1, 0.15) is 6.54 Å². The highest BCUT2D eigenvalue weighted by molar-refractivity contribution is 7.89. The number of carbonyl (C=O) groups excluding carboxylic acids is 2. The van der Waals surface area contributed by atoms with E-state index in [-0.39, 0.29) is 16.8 Å². The minimum Gasteiger partial charge on any atom is -0.452 e. The molecule has 1 fully saturated rings. The largest absolute Gasteiger partial charge is 0.452 e. The lowest BCUT2D eigenvalue weighted by molar-refractivity contribution is -0.153. The highest BCUT2D eigenvalue weighted by Gasteiger charge is 2.23. The molecular formula is C20H30N2O5S. The molecule has 7 nitrogen and oxygen atoms in total. The van der Waals surface area contributed by atoms with Gasteiger partial charge in [0, 0.05) is 6.04 Å². The molecule has 0 aromatic heterocycles. The van der Waals surface area contributed by atoms with Crippen LogP contribution in [0.25, 0.3) is 0 Å². The molecule has 1 atom stereocenters. The molecule has 0 unspecified atom stereocenters. The standard InChI is InChI=1S/C20H30N2O5S/c1-14-10-11-15(2)18(12-14)28(25,26)21-13-19(23)27-16(3)20(24)22-17-8-6-4-5-7-9-17/h10-12,16-17,21H,4-9,13H2,1-3H3,(H,22,24)/t16-/m0/s1. The molecule has 1 amide bonds. The highest BCUT2D eigenvalue weighted by Crippen LogP contribution is 2.18. The van der Waals surface area contributed by atoms with Crippen LogP contribution in [0.2, 0.25) is 0 Å². The fourth-order valence-electron chi connectivity index (χ4n) is 3.26. The van der Waals surface area contributed by atoms with Crippen molar-refractivity contribution in [1.82, 2.24) is 10.0 Å². The second-order valence-corrected chi connectivity index (χ2v) is 9.16. The lowest BCUT2D eigenvalue weighted by Gasteiger charge is -2.19. The number of ether oxygens (including phenoxy) is 1. The summed E-state index contributed by atoms with van der Waals surface area (Å²) in [5.74, 6) is -1.14. The Bertz CT molecular complexity index is 799. The van der Waals surface area contributed by atoms with E-state index in [0.29, 0.717) is 5.56 Å². The van der Waals surface area contributed by atoms with Crippen LogP contribution in [0.5, 0.6) is 0 Å². The summed E-state index contributed by atoms with van der Waals surface area (Å²) in [5, 5.41) is 2.92. The fourth-order valence-corrected chi connectivity index (χ4v) is 4.56. The second-order valence-electron chi connectivity index (χ2n) is 7.42. The van der Waals surface area contributed by atoms with Gasteiger partial charge in [-0.2, -0.15) is 4.72 Å². The Labute approximate surface area is 167 Å². The van der Waals surface area contributed by atoms with Gasteiger partial charge in [-0.05, 0) is 50.8 Å². The molecule has 28 heavy (non-hydrogen) atoms. The number of esters is 1. The lowest BCUT2D eigenvalue weighted by atomic mass is 10.1. The minimum atomic E-state index is -3.84. The van der Waals surface area contributed by atoms with E-state index in [1.807, 2.05) is 6.07 Å². The molecule has 0 saturated heterocycles. The molecule has 0 heterocycles. The van der Waals surface area contributed by atoms with E-state index in [2.05, 4.69) is 10.0 Å². The Morgan fingerprint density at radius 3 is 2.43 bits per heavy atom. The maximum absolute atomic E-state index is 12.4. The molecule has 2 rings (SSSR count). The average molecular weight is 411 g/mol. The van der Waals surface area contributed by atoms with E-state index in [1.165, 1.54) is 19.8 Å². The molecule has 1 aliphatic carbocycles. The van der Waals surface area contributed by atoms with E-state index in [4.69, 9.17) is 4.74 Å². The van der Waals surface area contributed by atoms with Crippen LogP contribution in [0.4, 0.5) is 0 Å². The van der Waals surface area contributed by atoms with Crippen LogP contribution in [0.15, 0.2) is 23.1 Å². The number of benzene rings is 1. The van der Waals surface area contributed by atoms with E-state index < -0.39 is 28.6 Å². The van der Waals surface area contributed by atoms with Crippen LogP contribution < -0.4 is 10.0 Å². The molecule has 0 bridgehead atoms. The van der Waals surface area contributed by atoms with Gasteiger partial charge in [-0.3, -0.25) is 9.59 Å². The molecule has 1 saturated carbocycles. The zero-order valence-corrected chi connectivity index (χ0v) is 17.6. The quantitative estimate of drug-likeness (QED) is 0.531. The first-order chi connectivity index (χ1) is 13.2. The summed E-state index contributed by atoms with van der Waals surface area (Å²) in [6, 6.07) is 5.18. The van der Waals surface area contributed by atoms with Gasteiger partial charge in [0.05, 0.1) is 4.90 Å². The zero-order chi connectivity index (χ0) is 20.7. The van der Waals surface area contributed by atoms with Crippen molar-refractivity contribution in [2.75, 3.05) is 6.54 Å². The second kappa shape index (κ2) is 10.0. The van der Waals surface area contributed by atoms with Crippen molar-refractivity contribution in [2.24, 2.45) is 0 Å². The van der Waals surface area contributed by atoms with E-state index in [9.17, 15) is 18.0 Å². The number of nitrogens with one attached hydrogen (secondary N) is 2. The number of sulfonamides is 1. The first kappa shape index (κ1) is 22.4. The summed E-state index contributed by atoms with van der Waals surface area (Å²) in [4.78, 5) is 24.4. The molecule has 0 radical (unpaired) electrons. The van der Waals surface area contributed by atoms with Gasteiger partial charge in [0.25, 0.3) is 5.91 Å². The Balaban J connectivity index is 1.85. The van der Waals surface area contributed by atoms with Crippen molar-refractivity contribution in [3.63, 3.8) is 0 Å². The summed E-state index contributed by atoms with van der Waals surface area (Å²) in [7, 11) is -3.84. The van der Waals surface area contributed by atoms with Crippen molar-refractivity contribution in [3.05, 3.63) is 29.3 Å². The van der Waals surface area contributed by atoms with Crippen LogP contribution in [0.3, 0.4) is 0 Å². The minimum absolute atomic E-state index is 0.110. The number of rotatable bonds is 7. The number of carbonyl (C=O) groups is 2. The first-order valence-corrected chi connectivity index (χ1v) is 11.2. The normalized spacial score (nSPS) is 16.8. The van der Waals surface area contributed by atoms with Gasteiger partial charge in [0.2, 0.25) is 10.0 Å². The van der Waals surface area contributed by atoms with Crippen molar-refractivity contribution in [2.45, 2.75) is 76.3 Å². The molecule has 2 N–H and O–H groups in total. The van der Waals surface area contributed by atoms with Crippen molar-refractivity contribution >= 4 is 21.9 Å². The first-order valence-electron chi connectivity index (χ1n) is 9.76. The summed E-state index contributed by atoms with van der Waals surface area (Å²) >= 11 is 0. The molecule has 156 valence electrons. The Hall–Kier alpha value is -1.93. The molecule has 1 aromatic carbocycles. The van der Waals surface area contributed by atoms with Gasteiger partial charge < -0.3 is 10.1 Å². The summed E-state index contributed by atoms with van der Waals surface area (Å²) < 4.78 is 32.2. The van der Waals surface area contributed by atoms with Gasteiger partial charge in [-0.25, -0.2) is 8.42 Å². The number of amides is 1. The van der Waals surface area contributed by atoms with Crippen molar-refractivity contribution in [3.8, 4) is 0 Å². The highest BCUT2D eigenvalue weighted by atomic mass is 32.2. The third-order valence-corrected chi connectivity index (χ3v) is 6.46. The van der Waals surface area contributed by atoms with Gasteiger partial charge in [-0.1, -0.05) is 37.8 Å². The van der Waals surface area contributed by atoms with Crippen LogP contribution in [-0.2, 0) is 24.3 Å². The van der Waals surface area contributed by atoms with Crippen LogP contribution in [-0.4, -0.2) is 39.0 Å². The zero-order valence-electron chi connectivity index (χ0n) is 16.8. The van der Waals surface area contributed by atoms with Crippen LogP contribution >= 0.6 is 0 Å². The van der Waals surface area contributed by atoms with Gasteiger partial charge in [0.15, 0.2) is 6.10 Å². The fraction of sp³-hybridized carbons (Fsp3) is 0.600. The van der Waals surface area contributed by atoms with Gasteiger partial charge >= 0.3 is 5.97 Å². The Morgan fingerprint density at radius 2 is 1.79 bits per heavy atom. The third kappa shape index (κ3) is 6.60. The summed E-state index contributed by atoms with van der Waals surface area (Å²) in [6.45, 7) is 4.44. The summed E-state index contributed by atoms with van der Waals surface area (Å²) in [5.41, 5.74) is 1.39. The third-order valence-electron chi connectivity index (χ3n) is 4.92. The van der Waals surface area contributed by atoms with E-state index in [0.717, 1.165) is 31.2 Å². The average Bonchev–Trinajstić information content (AvgIpc) is 2.90. The van der Waals surface area contributed by atoms with Crippen LogP contribution in [0.1, 0.15) is 56.6 Å². The monoisotopic (exact) mass is 410 g/mol. The van der Waals surface area contributed by atoms with Crippen molar-refractivity contribution in [1.29, 1.82) is 0 Å². The van der Waals surface area contributed by atoms with E-state index >= 15 is 0 Å². The Kier molecular flexibility index (Phi) is 8.00. The lowest BCUT2D eigenvalue weighted by Crippen LogP contribution is -2.43. The van der Waals surface area contributed by atoms with E-state index in [1.54, 1.807) is 26.0 Å². The predicted molar refractivity (Wildman–Crippen MR) is 106 cm³/mol. The number of hydrogen-bond acceptors (Lipinski definition) is 5.